The highest BCUT2D eigenvalue weighted by Gasteiger charge is 2.43. The number of aromatic nitrogens is 5. The van der Waals surface area contributed by atoms with Crippen molar-refractivity contribution in [1.29, 1.82) is 0 Å². The van der Waals surface area contributed by atoms with Crippen LogP contribution in [0.5, 0.6) is 11.8 Å². The number of hydrogen-bond acceptors (Lipinski definition) is 7. The van der Waals surface area contributed by atoms with Gasteiger partial charge in [-0.15, -0.1) is 5.10 Å². The number of benzene rings is 1. The van der Waals surface area contributed by atoms with E-state index in [1.54, 1.807) is 17.1 Å². The number of anilines is 2. The lowest BCUT2D eigenvalue weighted by atomic mass is 9.92. The van der Waals surface area contributed by atoms with E-state index in [1.165, 1.54) is 12.1 Å². The molecule has 1 saturated carbocycles. The molecule has 1 N–H and O–H groups in total. The van der Waals surface area contributed by atoms with Crippen LogP contribution in [-0.4, -0.2) is 43.9 Å². The van der Waals surface area contributed by atoms with Gasteiger partial charge in [-0.25, -0.2) is 19.0 Å². The minimum Gasteiger partial charge on any atom is -0.421 e. The first-order valence-electron chi connectivity index (χ1n) is 11.3. The first-order valence-corrected chi connectivity index (χ1v) is 11.7. The Morgan fingerprint density at radius 3 is 2.64 bits per heavy atom. The summed E-state index contributed by atoms with van der Waals surface area (Å²) in [4.78, 5) is 15.6. The molecule has 1 saturated heterocycles. The monoisotopic (exact) mass is 471 g/mol. The Morgan fingerprint density at radius 2 is 1.94 bits per heavy atom. The van der Waals surface area contributed by atoms with Crippen LogP contribution in [0.1, 0.15) is 38.4 Å². The molecule has 1 aliphatic heterocycles. The van der Waals surface area contributed by atoms with Gasteiger partial charge in [-0.3, -0.25) is 0 Å². The average Bonchev–Trinajstić information content (AvgIpc) is 3.27. The number of aryl methyl sites for hydroxylation is 1. The minimum absolute atomic E-state index is 0.00340. The summed E-state index contributed by atoms with van der Waals surface area (Å²) in [6, 6.07) is 7.17. The van der Waals surface area contributed by atoms with Gasteiger partial charge in [-0.05, 0) is 57.6 Å². The quantitative estimate of drug-likeness (QED) is 0.549. The normalized spacial score (nSPS) is 22.1. The number of hydrogen-bond donors (Lipinski definition) is 1. The van der Waals surface area contributed by atoms with Gasteiger partial charge in [0, 0.05) is 30.9 Å². The number of halogens is 2. The third-order valence-corrected chi connectivity index (χ3v) is 6.74. The molecule has 2 bridgehead atoms. The zero-order valence-corrected chi connectivity index (χ0v) is 19.6. The van der Waals surface area contributed by atoms with Gasteiger partial charge < -0.3 is 15.0 Å². The van der Waals surface area contributed by atoms with Crippen LogP contribution in [-0.2, 0) is 0 Å². The van der Waals surface area contributed by atoms with Gasteiger partial charge >= 0.3 is 6.01 Å². The summed E-state index contributed by atoms with van der Waals surface area (Å²) in [5, 5.41) is 8.17. The van der Waals surface area contributed by atoms with Gasteiger partial charge in [-0.1, -0.05) is 17.7 Å². The summed E-state index contributed by atoms with van der Waals surface area (Å²) >= 11 is 5.90. The molecule has 3 atom stereocenters. The van der Waals surface area contributed by atoms with Crippen molar-refractivity contribution in [2.24, 2.45) is 11.8 Å². The van der Waals surface area contributed by atoms with Gasteiger partial charge in [0.05, 0.1) is 11.1 Å². The van der Waals surface area contributed by atoms with Crippen LogP contribution >= 0.6 is 11.6 Å². The maximum Gasteiger partial charge on any atom is 0.322 e. The molecule has 33 heavy (non-hydrogen) atoms. The first-order chi connectivity index (χ1) is 15.9. The fourth-order valence-electron chi connectivity index (χ4n) is 4.85. The molecule has 1 unspecified atom stereocenters. The Kier molecular flexibility index (Phi) is 5.82. The SMILES string of the molecule is Cc1cc(N2C[C@H]3CC[C@@H](C2)C3Nc2nc(Oc3cccc(Cl)c3F)n(C(C)C)n2)ncn1. The molecule has 3 aromatic rings. The minimum atomic E-state index is -0.614. The highest BCUT2D eigenvalue weighted by atomic mass is 35.5. The number of fused-ring (bicyclic) bond motifs is 2. The molecule has 8 nitrogen and oxygen atoms in total. The molecule has 1 aliphatic carbocycles. The predicted molar refractivity (Wildman–Crippen MR) is 124 cm³/mol. The van der Waals surface area contributed by atoms with E-state index in [9.17, 15) is 4.39 Å². The highest BCUT2D eigenvalue weighted by molar-refractivity contribution is 6.30. The average molecular weight is 472 g/mol. The van der Waals surface area contributed by atoms with Gasteiger partial charge in [0.25, 0.3) is 0 Å². The van der Waals surface area contributed by atoms with Crippen LogP contribution in [0.2, 0.25) is 5.02 Å². The van der Waals surface area contributed by atoms with E-state index in [0.717, 1.165) is 37.4 Å². The second-order valence-corrected chi connectivity index (χ2v) is 9.51. The number of ether oxygens (including phenoxy) is 1. The predicted octanol–water partition coefficient (Wildman–Crippen LogP) is 4.87. The van der Waals surface area contributed by atoms with E-state index in [-0.39, 0.29) is 28.9 Å². The number of piperidine rings is 1. The van der Waals surface area contributed by atoms with Crippen molar-refractivity contribution in [3.05, 3.63) is 47.1 Å². The van der Waals surface area contributed by atoms with Crippen LogP contribution < -0.4 is 15.0 Å². The maximum absolute atomic E-state index is 14.4. The Balaban J connectivity index is 1.34. The van der Waals surface area contributed by atoms with Gasteiger partial charge in [0.15, 0.2) is 11.6 Å². The highest BCUT2D eigenvalue weighted by Crippen LogP contribution is 2.40. The molecule has 174 valence electrons. The maximum atomic E-state index is 14.4. The molecule has 2 fully saturated rings. The van der Waals surface area contributed by atoms with E-state index in [0.29, 0.717) is 17.8 Å². The number of rotatable bonds is 6. The molecule has 2 aromatic heterocycles. The largest absolute Gasteiger partial charge is 0.421 e. The van der Waals surface area contributed by atoms with E-state index < -0.39 is 5.82 Å². The second-order valence-electron chi connectivity index (χ2n) is 9.10. The molecule has 3 heterocycles. The Labute approximate surface area is 197 Å². The molecular weight excluding hydrogens is 445 g/mol. The van der Waals surface area contributed by atoms with E-state index in [1.807, 2.05) is 26.8 Å². The topological polar surface area (TPSA) is 81.0 Å². The fourth-order valence-corrected chi connectivity index (χ4v) is 5.01. The molecule has 5 rings (SSSR count). The number of nitrogens with zero attached hydrogens (tertiary/aromatic N) is 6. The van der Waals surface area contributed by atoms with Crippen molar-refractivity contribution in [3.63, 3.8) is 0 Å². The smallest absolute Gasteiger partial charge is 0.322 e. The Bertz CT molecular complexity index is 1140. The van der Waals surface area contributed by atoms with Crippen molar-refractivity contribution >= 4 is 23.4 Å². The second kappa shape index (κ2) is 8.78. The van der Waals surface area contributed by atoms with Crippen molar-refractivity contribution in [2.45, 2.75) is 45.7 Å². The lowest BCUT2D eigenvalue weighted by Crippen LogP contribution is -2.48. The van der Waals surface area contributed by atoms with Crippen LogP contribution in [0, 0.1) is 24.6 Å². The van der Waals surface area contributed by atoms with Crippen molar-refractivity contribution in [3.8, 4) is 11.8 Å². The zero-order valence-electron chi connectivity index (χ0n) is 18.9. The van der Waals surface area contributed by atoms with Crippen LogP contribution in [0.25, 0.3) is 0 Å². The molecule has 2 aliphatic rings. The summed E-state index contributed by atoms with van der Waals surface area (Å²) in [7, 11) is 0. The standard InChI is InChI=1S/C23H27ClFN7O/c1-13(2)32-23(33-18-6-4-5-17(24)20(18)25)29-22(30-32)28-21-15-7-8-16(21)11-31(10-15)19-9-14(3)26-12-27-19/h4-6,9,12-13,15-16,21H,7-8,10-11H2,1-3H3,(H,28,30)/t15-,16+,21?. The molecule has 1 aromatic carbocycles. The third kappa shape index (κ3) is 4.34. The summed E-state index contributed by atoms with van der Waals surface area (Å²) < 4.78 is 21.8. The summed E-state index contributed by atoms with van der Waals surface area (Å²) in [5.74, 6) is 1.81. The Hall–Kier alpha value is -2.94. The zero-order chi connectivity index (χ0) is 23.1. The van der Waals surface area contributed by atoms with E-state index in [4.69, 9.17) is 16.3 Å². The van der Waals surface area contributed by atoms with E-state index in [2.05, 4.69) is 30.3 Å². The van der Waals surface area contributed by atoms with Gasteiger partial charge in [0.1, 0.15) is 12.1 Å². The number of nitrogens with one attached hydrogen (secondary N) is 1. The Morgan fingerprint density at radius 1 is 1.18 bits per heavy atom. The summed E-state index contributed by atoms with van der Waals surface area (Å²) in [6.07, 6.45) is 3.92. The first kappa shape index (κ1) is 21.9. The van der Waals surface area contributed by atoms with Crippen LogP contribution in [0.4, 0.5) is 16.2 Å². The van der Waals surface area contributed by atoms with Crippen molar-refractivity contribution < 1.29 is 9.13 Å². The fraction of sp³-hybridized carbons (Fsp3) is 0.478. The van der Waals surface area contributed by atoms with Gasteiger partial charge in [-0.2, -0.15) is 4.98 Å². The lowest BCUT2D eigenvalue weighted by molar-refractivity contribution is 0.360. The molecule has 0 amide bonds. The molecular formula is C23H27ClFN7O. The lowest BCUT2D eigenvalue weighted by Gasteiger charge is -2.38. The van der Waals surface area contributed by atoms with Crippen LogP contribution in [0.3, 0.4) is 0 Å². The molecule has 0 spiro atoms. The third-order valence-electron chi connectivity index (χ3n) is 6.45. The van der Waals surface area contributed by atoms with Crippen LogP contribution in [0.15, 0.2) is 30.6 Å². The summed E-state index contributed by atoms with van der Waals surface area (Å²) in [5.41, 5.74) is 0.972. The molecule has 10 heteroatoms. The van der Waals surface area contributed by atoms with Crippen molar-refractivity contribution in [1.82, 2.24) is 24.7 Å². The van der Waals surface area contributed by atoms with E-state index >= 15 is 0 Å². The van der Waals surface area contributed by atoms with Gasteiger partial charge in [0.2, 0.25) is 5.95 Å². The molecule has 0 radical (unpaired) electrons. The van der Waals surface area contributed by atoms with Crippen molar-refractivity contribution in [2.75, 3.05) is 23.3 Å². The summed E-state index contributed by atoms with van der Waals surface area (Å²) in [6.45, 7) is 7.79.